The van der Waals surface area contributed by atoms with E-state index >= 15 is 0 Å². The number of carbonyl (C=O) groups is 1. The first-order valence-corrected chi connectivity index (χ1v) is 38.7. The predicted molar refractivity (Wildman–Crippen MR) is 454 cm³/mol. The van der Waals surface area contributed by atoms with Crippen molar-refractivity contribution in [2.45, 2.75) is 136 Å². The van der Waals surface area contributed by atoms with Gasteiger partial charge in [0.1, 0.15) is 18.3 Å². The molecule has 0 heterocycles. The standard InChI is InChI=1S/2C26H28OS2.C25H26S2.C8H16S4.CH2O.2Ni/c2*1-3-19(2)22-14-15-24(27-17-16-20-10-6-4-7-11-20)23(18-22)26(29)25(28)21-12-8-5-9-13-21;1-3-18(2)21-14-15-22(16-19-10-6-4-7-11-19)23(17-21)25(27)24(26)20-12-8-5-9-13-20;1-5(2)11-7(9)8(10)12-6(3)4;1-2;;/h2*4-15,18-19,28-29H,3,16-17H2,1-2H3;4-15,17-18,26-27H,3,16H2,1-2H3;5-6,9-10H,1-4H3;1H2;;/p-8. The van der Waals surface area contributed by atoms with Gasteiger partial charge in [0.25, 0.3) is 0 Å². The molecule has 101 heavy (non-hydrogen) atoms. The van der Waals surface area contributed by atoms with E-state index in [9.17, 15) is 0 Å². The number of thioether (sulfide) groups is 2. The molecule has 0 saturated heterocycles. The molecular formula is C86H92Ni2O3S10-8. The molecule has 0 aliphatic carbocycles. The van der Waals surface area contributed by atoms with Gasteiger partial charge in [0.15, 0.2) is 0 Å². The second-order valence-electron chi connectivity index (χ2n) is 24.2. The zero-order valence-corrected chi connectivity index (χ0v) is 69.3. The first-order valence-electron chi connectivity index (χ1n) is 33.6. The summed E-state index contributed by atoms with van der Waals surface area (Å²) in [7, 11) is 0. The fourth-order valence-corrected chi connectivity index (χ4v) is 14.4. The summed E-state index contributed by atoms with van der Waals surface area (Å²) < 4.78 is 14.1. The molecule has 0 aliphatic heterocycles. The molecule has 3 nitrogen and oxygen atoms in total. The van der Waals surface area contributed by atoms with E-state index < -0.39 is 0 Å². The summed E-state index contributed by atoms with van der Waals surface area (Å²) in [6.45, 7) is 25.0. The molecule has 0 amide bonds. The number of hydrogen-bond donors (Lipinski definition) is 0. The van der Waals surface area contributed by atoms with Crippen LogP contribution in [-0.4, -0.2) is 30.5 Å². The molecule has 0 radical (unpaired) electrons. The van der Waals surface area contributed by atoms with Gasteiger partial charge in [-0.3, -0.25) is 0 Å². The molecule has 9 aromatic rings. The van der Waals surface area contributed by atoms with Crippen molar-refractivity contribution in [2.75, 3.05) is 13.2 Å². The van der Waals surface area contributed by atoms with Crippen LogP contribution in [0.15, 0.2) is 245 Å². The summed E-state index contributed by atoms with van der Waals surface area (Å²) in [6.07, 6.45) is 5.81. The van der Waals surface area contributed by atoms with E-state index in [2.05, 4.69) is 184 Å². The summed E-state index contributed by atoms with van der Waals surface area (Å²) in [5.74, 6) is 3.02. The molecule has 0 N–H and O–H groups in total. The van der Waals surface area contributed by atoms with E-state index in [-0.39, 0.29) is 33.0 Å². The van der Waals surface area contributed by atoms with E-state index in [1.807, 2.05) is 128 Å². The van der Waals surface area contributed by atoms with E-state index in [1.165, 1.54) is 38.9 Å². The van der Waals surface area contributed by atoms with Gasteiger partial charge in [-0.2, -0.15) is 61.4 Å². The molecule has 15 heteroatoms. The molecule has 0 spiro atoms. The molecule has 542 valence electrons. The van der Waals surface area contributed by atoms with Gasteiger partial charge < -0.3 is 115 Å². The van der Waals surface area contributed by atoms with E-state index in [0.29, 0.717) is 61.1 Å². The van der Waals surface area contributed by atoms with Crippen LogP contribution in [0.25, 0.3) is 29.4 Å². The Morgan fingerprint density at radius 1 is 0.347 bits per heavy atom. The normalized spacial score (nSPS) is 12.6. The number of benzene rings is 9. The SMILES string of the molecule is C=O.CC(C)SC([S-])=C([S-])SC(C)C.CCC(C)c1ccc(Cc2ccccc2)c(C([S-])=C([S-])c2ccccc2)c1.CCC(C)c1ccc(OCCc2ccccc2)c(C([S-])=C([S-])c2ccccc2)c1.CCC(C)c1ccc(OCCc2ccccc2)c(C([S-])=C([S-])c2ccccc2)c1.[Ni].[Ni]. The molecule has 9 rings (SSSR count). The van der Waals surface area contributed by atoms with Crippen LogP contribution >= 0.6 is 23.5 Å². The Kier molecular flexibility index (Phi) is 43.9. The zero-order chi connectivity index (χ0) is 72.2. The summed E-state index contributed by atoms with van der Waals surface area (Å²) in [5, 5.41) is 1.06. The quantitative estimate of drug-likeness (QED) is 0.0294. The molecule has 0 bridgehead atoms. The summed E-state index contributed by atoms with van der Waals surface area (Å²) >= 11 is 48.4. The first kappa shape index (κ1) is 89.9. The van der Waals surface area contributed by atoms with Crippen molar-refractivity contribution in [1.29, 1.82) is 0 Å². The van der Waals surface area contributed by atoms with Crippen molar-refractivity contribution in [3.63, 3.8) is 0 Å². The molecule has 3 atom stereocenters. The van der Waals surface area contributed by atoms with Crippen LogP contribution in [0, 0.1) is 0 Å². The average molecular weight is 1610 g/mol. The van der Waals surface area contributed by atoms with Gasteiger partial charge in [-0.25, -0.2) is 0 Å². The van der Waals surface area contributed by atoms with E-state index in [4.69, 9.17) is 115 Å². The Labute approximate surface area is 679 Å². The Hall–Kier alpha value is -5.34. The Morgan fingerprint density at radius 3 is 0.911 bits per heavy atom. The molecule has 0 aliphatic rings. The Morgan fingerprint density at radius 2 is 0.614 bits per heavy atom. The maximum atomic E-state index is 8.00. The van der Waals surface area contributed by atoms with Crippen molar-refractivity contribution >= 4 is 161 Å². The van der Waals surface area contributed by atoms with Crippen LogP contribution in [0.3, 0.4) is 0 Å². The van der Waals surface area contributed by atoms with Crippen molar-refractivity contribution in [3.8, 4) is 11.5 Å². The summed E-state index contributed by atoms with van der Waals surface area (Å²) in [5.41, 5.74) is 14.8. The second-order valence-corrected chi connectivity index (χ2v) is 31.1. The molecule has 0 fully saturated rings. The average Bonchev–Trinajstić information content (AvgIpc) is 0.826. The van der Waals surface area contributed by atoms with Gasteiger partial charge >= 0.3 is 0 Å². The van der Waals surface area contributed by atoms with Crippen LogP contribution < -0.4 is 9.47 Å². The minimum atomic E-state index is 0. The summed E-state index contributed by atoms with van der Waals surface area (Å²) in [6, 6.07) is 80.6. The van der Waals surface area contributed by atoms with Crippen molar-refractivity contribution in [1.82, 2.24) is 0 Å². The third kappa shape index (κ3) is 30.3. The van der Waals surface area contributed by atoms with Gasteiger partial charge in [0, 0.05) is 56.3 Å². The van der Waals surface area contributed by atoms with Gasteiger partial charge in [0.2, 0.25) is 0 Å². The molecule has 3 unspecified atom stereocenters. The fraction of sp³-hybridized carbons (Fsp3) is 0.267. The fourth-order valence-electron chi connectivity index (χ4n) is 10.0. The zero-order valence-electron chi connectivity index (χ0n) is 59.2. The Balaban J connectivity index is 0.000000357. The van der Waals surface area contributed by atoms with Gasteiger partial charge in [0.05, 0.1) is 13.2 Å². The van der Waals surface area contributed by atoms with Crippen LogP contribution in [0.5, 0.6) is 11.5 Å². The first-order chi connectivity index (χ1) is 47.7. The molecule has 0 aromatic heterocycles. The topological polar surface area (TPSA) is 35.5 Å². The minimum Gasteiger partial charge on any atom is -0.781 e. The number of rotatable bonds is 26. The van der Waals surface area contributed by atoms with Crippen molar-refractivity contribution in [2.24, 2.45) is 0 Å². The maximum absolute atomic E-state index is 8.00. The number of carbonyl (C=O) groups excluding carboxylic acids is 1. The monoisotopic (exact) mass is 1610 g/mol. The molecule has 9 aromatic carbocycles. The summed E-state index contributed by atoms with van der Waals surface area (Å²) in [4.78, 5) is 12.2. The van der Waals surface area contributed by atoms with Gasteiger partial charge in [-0.05, 0) is 140 Å². The van der Waals surface area contributed by atoms with E-state index in [1.54, 1.807) is 23.5 Å². The maximum Gasteiger partial charge on any atom is 0.124 e. The van der Waals surface area contributed by atoms with Gasteiger partial charge in [-0.15, -0.1) is 0 Å². The third-order valence-electron chi connectivity index (χ3n) is 16.2. The number of hydrogen-bond acceptors (Lipinski definition) is 13. The minimum absolute atomic E-state index is 0. The van der Waals surface area contributed by atoms with Crippen LogP contribution in [-0.2, 0) is 158 Å². The molecule has 0 saturated carbocycles. The Bertz CT molecular complexity index is 3790. The smallest absolute Gasteiger partial charge is 0.124 e. The largest absolute Gasteiger partial charge is 0.781 e. The third-order valence-corrected chi connectivity index (χ3v) is 22.5. The van der Waals surface area contributed by atoms with E-state index in [0.717, 1.165) is 102 Å². The predicted octanol–water partition coefficient (Wildman–Crippen LogP) is 23.5. The van der Waals surface area contributed by atoms with Crippen molar-refractivity contribution in [3.05, 3.63) is 317 Å². The molecular weight excluding hydrogens is 1520 g/mol. The number of ether oxygens (including phenoxy) is 2. The van der Waals surface area contributed by atoms with Crippen LogP contribution in [0.1, 0.15) is 179 Å². The van der Waals surface area contributed by atoms with Crippen molar-refractivity contribution < 1.29 is 47.3 Å². The van der Waals surface area contributed by atoms with Crippen LogP contribution in [0.4, 0.5) is 0 Å². The van der Waals surface area contributed by atoms with Gasteiger partial charge in [-0.1, -0.05) is 282 Å². The van der Waals surface area contributed by atoms with Crippen LogP contribution in [0.2, 0.25) is 0 Å². The second kappa shape index (κ2) is 49.4.